The van der Waals surface area contributed by atoms with Crippen LogP contribution in [0.5, 0.6) is 0 Å². The van der Waals surface area contributed by atoms with Crippen molar-refractivity contribution < 1.29 is 8.78 Å². The minimum atomic E-state index is -0.682. The second kappa shape index (κ2) is 8.37. The van der Waals surface area contributed by atoms with Gasteiger partial charge in [-0.05, 0) is 61.7 Å². The number of aromatic nitrogens is 2. The molecule has 0 saturated heterocycles. The lowest BCUT2D eigenvalue weighted by molar-refractivity contribution is 0.577. The minimum absolute atomic E-state index is 0.151. The average molecular weight is 416 g/mol. The van der Waals surface area contributed by atoms with Crippen LogP contribution in [-0.2, 0) is 12.8 Å². The van der Waals surface area contributed by atoms with Crippen molar-refractivity contribution in [1.82, 2.24) is 9.97 Å². The van der Waals surface area contributed by atoms with Gasteiger partial charge in [0.15, 0.2) is 0 Å². The van der Waals surface area contributed by atoms with Gasteiger partial charge in [0.05, 0.1) is 17.7 Å². The number of anilines is 4. The van der Waals surface area contributed by atoms with E-state index in [1.807, 2.05) is 13.0 Å². The fourth-order valence-electron chi connectivity index (χ4n) is 3.68. The first-order chi connectivity index (χ1) is 15.0. The molecule has 2 heterocycles. The topological polar surface area (TPSA) is 88.6 Å². The first-order valence-corrected chi connectivity index (χ1v) is 9.77. The second-order valence-corrected chi connectivity index (χ2v) is 7.22. The number of halogens is 2. The molecule has 0 amide bonds. The lowest BCUT2D eigenvalue weighted by atomic mass is 10.1. The Morgan fingerprint density at radius 1 is 1.10 bits per heavy atom. The molecule has 0 saturated carbocycles. The van der Waals surface area contributed by atoms with Crippen molar-refractivity contribution >= 4 is 23.1 Å². The van der Waals surface area contributed by atoms with Crippen molar-refractivity contribution in [2.24, 2.45) is 0 Å². The third-order valence-electron chi connectivity index (χ3n) is 5.18. The number of nitrogens with one attached hydrogen (secondary N) is 1. The maximum absolute atomic E-state index is 14.9. The Hall–Kier alpha value is -4.04. The highest BCUT2D eigenvalue weighted by molar-refractivity contribution is 5.70. The first-order valence-electron chi connectivity index (χ1n) is 9.77. The van der Waals surface area contributed by atoms with Gasteiger partial charge in [-0.2, -0.15) is 15.5 Å². The summed E-state index contributed by atoms with van der Waals surface area (Å²) in [6.45, 7) is 2.22. The monoisotopic (exact) mass is 416 g/mol. The van der Waals surface area contributed by atoms with E-state index in [0.717, 1.165) is 11.3 Å². The molecule has 154 valence electrons. The summed E-state index contributed by atoms with van der Waals surface area (Å²) in [4.78, 5) is 10.5. The molecular weight excluding hydrogens is 398 g/mol. The van der Waals surface area contributed by atoms with Crippen LogP contribution >= 0.6 is 0 Å². The molecule has 1 N–H and O–H groups in total. The fraction of sp³-hybridized carbons (Fsp3) is 0.217. The summed E-state index contributed by atoms with van der Waals surface area (Å²) in [5, 5.41) is 20.7. The second-order valence-electron chi connectivity index (χ2n) is 7.22. The molecule has 4 rings (SSSR count). The molecule has 0 fully saturated rings. The summed E-state index contributed by atoms with van der Waals surface area (Å²) in [6, 6.07) is 13.4. The molecule has 2 aromatic carbocycles. The maximum atomic E-state index is 14.9. The van der Waals surface area contributed by atoms with Crippen molar-refractivity contribution in [2.45, 2.75) is 26.2 Å². The molecule has 0 unspecified atom stereocenters. The van der Waals surface area contributed by atoms with Crippen molar-refractivity contribution in [3.8, 4) is 12.1 Å². The SMILES string of the molecule is Cc1nc(Nc2ccc(C#N)cc2)nc2c1CCN2c1c(F)cc(CCC#N)cc1F. The Bertz CT molecular complexity index is 1200. The zero-order valence-electron chi connectivity index (χ0n) is 16.8. The summed E-state index contributed by atoms with van der Waals surface area (Å²) >= 11 is 0. The van der Waals surface area contributed by atoms with Crippen molar-refractivity contribution in [3.05, 3.63) is 70.4 Å². The molecule has 0 bridgehead atoms. The van der Waals surface area contributed by atoms with E-state index in [9.17, 15) is 8.78 Å². The lowest BCUT2D eigenvalue weighted by Crippen LogP contribution is -2.18. The summed E-state index contributed by atoms with van der Waals surface area (Å²) in [7, 11) is 0. The predicted octanol–water partition coefficient (Wildman–Crippen LogP) is 4.83. The van der Waals surface area contributed by atoms with Crippen LogP contribution in [0.2, 0.25) is 0 Å². The Morgan fingerprint density at radius 3 is 2.45 bits per heavy atom. The average Bonchev–Trinajstić information content (AvgIpc) is 3.16. The van der Waals surface area contributed by atoms with Gasteiger partial charge in [0.1, 0.15) is 23.1 Å². The van der Waals surface area contributed by atoms with Crippen LogP contribution < -0.4 is 10.2 Å². The van der Waals surface area contributed by atoms with Crippen LogP contribution in [-0.4, -0.2) is 16.5 Å². The van der Waals surface area contributed by atoms with Crippen LogP contribution in [0, 0.1) is 41.2 Å². The van der Waals surface area contributed by atoms with Gasteiger partial charge in [-0.15, -0.1) is 0 Å². The fourth-order valence-corrected chi connectivity index (χ4v) is 3.68. The van der Waals surface area contributed by atoms with Crippen molar-refractivity contribution in [1.29, 1.82) is 10.5 Å². The zero-order chi connectivity index (χ0) is 22.0. The predicted molar refractivity (Wildman–Crippen MR) is 112 cm³/mol. The molecule has 0 radical (unpaired) electrons. The van der Waals surface area contributed by atoms with Crippen LogP contribution in [0.3, 0.4) is 0 Å². The largest absolute Gasteiger partial charge is 0.324 e. The molecule has 1 aliphatic heterocycles. The van der Waals surface area contributed by atoms with E-state index in [1.165, 1.54) is 17.0 Å². The third-order valence-corrected chi connectivity index (χ3v) is 5.18. The van der Waals surface area contributed by atoms with E-state index < -0.39 is 11.6 Å². The molecule has 1 aromatic heterocycles. The highest BCUT2D eigenvalue weighted by Crippen LogP contribution is 2.38. The van der Waals surface area contributed by atoms with Crippen LogP contribution in [0.25, 0.3) is 0 Å². The van der Waals surface area contributed by atoms with Gasteiger partial charge in [0.25, 0.3) is 0 Å². The number of rotatable bonds is 5. The summed E-state index contributed by atoms with van der Waals surface area (Å²) in [5.74, 6) is -0.595. The van der Waals surface area contributed by atoms with E-state index in [2.05, 4.69) is 21.4 Å². The molecule has 3 aromatic rings. The smallest absolute Gasteiger partial charge is 0.229 e. The van der Waals surface area contributed by atoms with E-state index in [1.54, 1.807) is 24.3 Å². The standard InChI is InChI=1S/C23H18F2N6/c1-14-18-8-10-31(21-19(24)11-16(3-2-9-26)12-20(21)25)22(18)30-23(28-14)29-17-6-4-15(13-27)5-7-17/h4-7,11-12H,2-3,8,10H2,1H3,(H,28,29,30). The minimum Gasteiger partial charge on any atom is -0.324 e. The number of hydrogen-bond donors (Lipinski definition) is 1. The summed E-state index contributed by atoms with van der Waals surface area (Å²) in [6.07, 6.45) is 1.07. The van der Waals surface area contributed by atoms with Gasteiger partial charge in [0.2, 0.25) is 5.95 Å². The first kappa shape index (κ1) is 20.2. The molecule has 8 heteroatoms. The zero-order valence-corrected chi connectivity index (χ0v) is 16.8. The van der Waals surface area contributed by atoms with E-state index in [-0.39, 0.29) is 12.1 Å². The van der Waals surface area contributed by atoms with Gasteiger partial charge in [-0.3, -0.25) is 0 Å². The van der Waals surface area contributed by atoms with Gasteiger partial charge in [-0.25, -0.2) is 13.8 Å². The Morgan fingerprint density at radius 2 is 1.81 bits per heavy atom. The van der Waals surface area contributed by atoms with E-state index in [4.69, 9.17) is 10.5 Å². The highest BCUT2D eigenvalue weighted by atomic mass is 19.1. The quantitative estimate of drug-likeness (QED) is 0.641. The molecule has 0 atom stereocenters. The number of fused-ring (bicyclic) bond motifs is 1. The van der Waals surface area contributed by atoms with Gasteiger partial charge in [0, 0.05) is 29.9 Å². The molecule has 1 aliphatic rings. The Labute approximate surface area is 178 Å². The summed E-state index contributed by atoms with van der Waals surface area (Å²) in [5.41, 5.74) is 3.10. The van der Waals surface area contributed by atoms with E-state index >= 15 is 0 Å². The molecule has 0 aliphatic carbocycles. The number of nitrogens with zero attached hydrogens (tertiary/aromatic N) is 5. The number of benzene rings is 2. The molecular formula is C23H18F2N6. The lowest BCUT2D eigenvalue weighted by Gasteiger charge is -2.21. The van der Waals surface area contributed by atoms with Crippen molar-refractivity contribution in [3.63, 3.8) is 0 Å². The van der Waals surface area contributed by atoms with Crippen LogP contribution in [0.15, 0.2) is 36.4 Å². The molecule has 6 nitrogen and oxygen atoms in total. The van der Waals surface area contributed by atoms with Crippen molar-refractivity contribution in [2.75, 3.05) is 16.8 Å². The third kappa shape index (κ3) is 4.01. The highest BCUT2D eigenvalue weighted by Gasteiger charge is 2.29. The van der Waals surface area contributed by atoms with Gasteiger partial charge < -0.3 is 10.2 Å². The Balaban J connectivity index is 1.68. The number of nitriles is 2. The molecule has 31 heavy (non-hydrogen) atoms. The number of hydrogen-bond acceptors (Lipinski definition) is 6. The van der Waals surface area contributed by atoms with Crippen LogP contribution in [0.4, 0.5) is 31.9 Å². The van der Waals surface area contributed by atoms with Gasteiger partial charge in [-0.1, -0.05) is 0 Å². The summed E-state index contributed by atoms with van der Waals surface area (Å²) < 4.78 is 29.7. The van der Waals surface area contributed by atoms with Gasteiger partial charge >= 0.3 is 0 Å². The maximum Gasteiger partial charge on any atom is 0.229 e. The van der Waals surface area contributed by atoms with Crippen LogP contribution in [0.1, 0.15) is 28.8 Å². The van der Waals surface area contributed by atoms with E-state index in [0.29, 0.717) is 48.0 Å². The molecule has 0 spiro atoms. The number of aryl methyl sites for hydroxylation is 2. The normalized spacial score (nSPS) is 12.2. The Kier molecular flexibility index (Phi) is 5.46.